The Kier molecular flexibility index (Phi) is 7.47. The summed E-state index contributed by atoms with van der Waals surface area (Å²) < 4.78 is 21.1. The monoisotopic (exact) mass is 549 g/mol. The highest BCUT2D eigenvalue weighted by Gasteiger charge is 2.19. The lowest BCUT2D eigenvalue weighted by atomic mass is 10.1. The van der Waals surface area contributed by atoms with Gasteiger partial charge in [-0.1, -0.05) is 24.3 Å². The number of nitriles is 2. The lowest BCUT2D eigenvalue weighted by Crippen LogP contribution is -2.42. The smallest absolute Gasteiger partial charge is 0.280 e. The highest BCUT2D eigenvalue weighted by Crippen LogP contribution is 2.34. The Morgan fingerprint density at radius 2 is 1.22 bits per heavy atom. The summed E-state index contributed by atoms with van der Waals surface area (Å²) in [6.07, 6.45) is 2.70. The maximum atomic E-state index is 12.9. The molecular weight excluding hydrogens is 530 g/mol. The molecule has 12 nitrogen and oxygen atoms in total. The zero-order chi connectivity index (χ0) is 28.8. The second-order valence-electron chi connectivity index (χ2n) is 8.47. The van der Waals surface area contributed by atoms with Crippen molar-refractivity contribution < 1.29 is 33.3 Å². The largest absolute Gasteiger partial charge is 0.454 e. The number of carbonyl (C=O) groups excluding carboxylic acids is 3. The molecule has 0 radical (unpaired) electrons. The zero-order valence-electron chi connectivity index (χ0n) is 21.1. The molecule has 5 rings (SSSR count). The molecule has 0 unspecified atom stereocenters. The molecule has 0 fully saturated rings. The number of benzene rings is 3. The van der Waals surface area contributed by atoms with E-state index in [4.69, 9.17) is 18.9 Å². The summed E-state index contributed by atoms with van der Waals surface area (Å²) in [5.41, 5.74) is 5.06. The van der Waals surface area contributed by atoms with Crippen LogP contribution in [0.2, 0.25) is 0 Å². The first-order valence-corrected chi connectivity index (χ1v) is 12.0. The molecule has 3 N–H and O–H groups in total. The van der Waals surface area contributed by atoms with Crippen LogP contribution in [0, 0.1) is 22.7 Å². The lowest BCUT2D eigenvalue weighted by Gasteiger charge is -2.12. The van der Waals surface area contributed by atoms with Gasteiger partial charge in [-0.3, -0.25) is 25.2 Å². The van der Waals surface area contributed by atoms with Gasteiger partial charge in [-0.25, -0.2) is 0 Å². The summed E-state index contributed by atoms with van der Waals surface area (Å²) in [7, 11) is 0. The number of nitrogens with one attached hydrogen (secondary N) is 3. The number of carbonyl (C=O) groups is 3. The van der Waals surface area contributed by atoms with Crippen LogP contribution in [0.3, 0.4) is 0 Å². The maximum absolute atomic E-state index is 12.9. The highest BCUT2D eigenvalue weighted by atomic mass is 16.7. The number of para-hydroxylation sites is 1. The average Bonchev–Trinajstić information content (AvgIpc) is 3.66. The minimum absolute atomic E-state index is 0.000206. The van der Waals surface area contributed by atoms with Crippen molar-refractivity contribution in [2.45, 2.75) is 0 Å². The maximum Gasteiger partial charge on any atom is 0.280 e. The van der Waals surface area contributed by atoms with Gasteiger partial charge in [0.05, 0.1) is 11.3 Å². The van der Waals surface area contributed by atoms with Gasteiger partial charge in [-0.2, -0.15) is 10.5 Å². The van der Waals surface area contributed by atoms with Crippen LogP contribution >= 0.6 is 0 Å². The molecule has 3 aromatic carbocycles. The van der Waals surface area contributed by atoms with E-state index in [9.17, 15) is 24.9 Å². The van der Waals surface area contributed by atoms with Gasteiger partial charge in [0.2, 0.25) is 13.6 Å². The van der Waals surface area contributed by atoms with E-state index in [1.54, 1.807) is 54.6 Å². The van der Waals surface area contributed by atoms with Crippen molar-refractivity contribution in [2.75, 3.05) is 18.9 Å². The van der Waals surface area contributed by atoms with Crippen LogP contribution in [-0.4, -0.2) is 31.3 Å². The standard InChI is InChI=1S/C29H19N5O7/c30-13-19(9-17-5-7-23-25(11-17)40-15-38-23)27(35)32-22-4-2-1-3-21(22)29(37)34-33-28(36)20(14-31)10-18-6-8-24-26(12-18)41-16-39-24/h1-12H,15-16H2,(H,32,35)(H,33,36)(H,34,37). The Morgan fingerprint density at radius 3 is 1.80 bits per heavy atom. The normalized spacial score (nSPS) is 13.0. The fourth-order valence-electron chi connectivity index (χ4n) is 3.86. The third kappa shape index (κ3) is 5.92. The summed E-state index contributed by atoms with van der Waals surface area (Å²) in [5.74, 6) is -0.311. The molecule has 0 aliphatic carbocycles. The van der Waals surface area contributed by atoms with E-state index in [1.807, 2.05) is 6.07 Å². The summed E-state index contributed by atoms with van der Waals surface area (Å²) in [5, 5.41) is 21.6. The Bertz CT molecular complexity index is 1720. The molecule has 2 aliphatic rings. The number of fused-ring (bicyclic) bond motifs is 2. The second-order valence-corrected chi connectivity index (χ2v) is 8.47. The van der Waals surface area contributed by atoms with Gasteiger partial charge in [0, 0.05) is 0 Å². The molecule has 0 spiro atoms. The number of hydrogen-bond acceptors (Lipinski definition) is 9. The topological polar surface area (TPSA) is 172 Å². The molecular formula is C29H19N5O7. The number of hydrogen-bond donors (Lipinski definition) is 3. The van der Waals surface area contributed by atoms with Crippen LogP contribution in [0.1, 0.15) is 21.5 Å². The SMILES string of the molecule is N#CC(=Cc1ccc2c(c1)OCO2)C(=O)NNC(=O)c1ccccc1NC(=O)C(C#N)=Cc1ccc2c(c1)OCO2. The first-order valence-electron chi connectivity index (χ1n) is 12.0. The molecule has 0 atom stereocenters. The van der Waals surface area contributed by atoms with E-state index in [0.717, 1.165) is 0 Å². The first kappa shape index (κ1) is 26.3. The third-order valence-electron chi connectivity index (χ3n) is 5.85. The number of hydrazine groups is 1. The number of rotatable bonds is 6. The summed E-state index contributed by atoms with van der Waals surface area (Å²) >= 11 is 0. The predicted octanol–water partition coefficient (Wildman–Crippen LogP) is 3.06. The van der Waals surface area contributed by atoms with Crippen LogP contribution in [0.5, 0.6) is 23.0 Å². The van der Waals surface area contributed by atoms with Crippen molar-refractivity contribution in [1.29, 1.82) is 10.5 Å². The summed E-state index contributed by atoms with van der Waals surface area (Å²) in [6.45, 7) is 0.164. The van der Waals surface area contributed by atoms with Crippen molar-refractivity contribution in [3.63, 3.8) is 0 Å². The second kappa shape index (κ2) is 11.6. The molecule has 2 heterocycles. The van der Waals surface area contributed by atoms with Gasteiger partial charge < -0.3 is 24.3 Å². The number of amides is 3. The quantitative estimate of drug-likeness (QED) is 0.237. The molecule has 202 valence electrons. The molecule has 3 aromatic rings. The third-order valence-corrected chi connectivity index (χ3v) is 5.85. The Hall–Kier alpha value is -6.27. The van der Waals surface area contributed by atoms with Crippen molar-refractivity contribution in [1.82, 2.24) is 10.9 Å². The van der Waals surface area contributed by atoms with Crippen LogP contribution < -0.4 is 35.1 Å². The van der Waals surface area contributed by atoms with Crippen molar-refractivity contribution in [3.05, 3.63) is 88.5 Å². The number of anilines is 1. The van der Waals surface area contributed by atoms with Crippen molar-refractivity contribution in [2.24, 2.45) is 0 Å². The van der Waals surface area contributed by atoms with Gasteiger partial charge in [-0.15, -0.1) is 0 Å². The zero-order valence-corrected chi connectivity index (χ0v) is 21.1. The number of ether oxygens (including phenoxy) is 4. The van der Waals surface area contributed by atoms with Crippen LogP contribution in [0.25, 0.3) is 12.2 Å². The predicted molar refractivity (Wildman–Crippen MR) is 143 cm³/mol. The van der Waals surface area contributed by atoms with Crippen LogP contribution in [0.15, 0.2) is 71.8 Å². The molecule has 0 bridgehead atoms. The van der Waals surface area contributed by atoms with Gasteiger partial charge in [0.25, 0.3) is 17.7 Å². The summed E-state index contributed by atoms with van der Waals surface area (Å²) in [4.78, 5) is 38.3. The molecule has 41 heavy (non-hydrogen) atoms. The van der Waals surface area contributed by atoms with Crippen molar-refractivity contribution >= 4 is 35.6 Å². The van der Waals surface area contributed by atoms with Crippen molar-refractivity contribution in [3.8, 4) is 35.1 Å². The average molecular weight is 549 g/mol. The molecule has 2 aliphatic heterocycles. The van der Waals surface area contributed by atoms with Crippen LogP contribution in [0.4, 0.5) is 5.69 Å². The molecule has 0 saturated carbocycles. The molecule has 0 aromatic heterocycles. The van der Waals surface area contributed by atoms with E-state index in [2.05, 4.69) is 16.2 Å². The molecule has 12 heteroatoms. The van der Waals surface area contributed by atoms with Gasteiger partial charge in [0.1, 0.15) is 23.3 Å². The van der Waals surface area contributed by atoms with Gasteiger partial charge in [0.15, 0.2) is 23.0 Å². The Balaban J connectivity index is 1.25. The Morgan fingerprint density at radius 1 is 0.683 bits per heavy atom. The van der Waals surface area contributed by atoms with Gasteiger partial charge >= 0.3 is 0 Å². The summed E-state index contributed by atoms with van der Waals surface area (Å²) in [6, 6.07) is 19.5. The highest BCUT2D eigenvalue weighted by molar-refractivity contribution is 6.13. The van der Waals surface area contributed by atoms with E-state index in [0.29, 0.717) is 34.1 Å². The van der Waals surface area contributed by atoms with E-state index in [-0.39, 0.29) is 36.0 Å². The fourth-order valence-corrected chi connectivity index (χ4v) is 3.86. The minimum atomic E-state index is -0.863. The fraction of sp³-hybridized carbons (Fsp3) is 0.0690. The van der Waals surface area contributed by atoms with Crippen LogP contribution in [-0.2, 0) is 9.59 Å². The minimum Gasteiger partial charge on any atom is -0.454 e. The lowest BCUT2D eigenvalue weighted by molar-refractivity contribution is -0.117. The Labute approximate surface area is 233 Å². The molecule has 0 saturated heterocycles. The van der Waals surface area contributed by atoms with Gasteiger partial charge in [-0.05, 0) is 59.7 Å². The van der Waals surface area contributed by atoms with E-state index in [1.165, 1.54) is 24.3 Å². The number of nitrogens with zero attached hydrogens (tertiary/aromatic N) is 2. The van der Waals surface area contributed by atoms with E-state index < -0.39 is 17.7 Å². The molecule has 3 amide bonds. The van der Waals surface area contributed by atoms with E-state index >= 15 is 0 Å². The first-order chi connectivity index (χ1) is 19.9.